The fourth-order valence-electron chi connectivity index (χ4n) is 8.61. The van der Waals surface area contributed by atoms with Crippen molar-refractivity contribution in [2.75, 3.05) is 4.90 Å². The van der Waals surface area contributed by atoms with Crippen molar-refractivity contribution >= 4 is 50.6 Å². The summed E-state index contributed by atoms with van der Waals surface area (Å²) >= 11 is 0. The highest BCUT2D eigenvalue weighted by Crippen LogP contribution is 2.52. The molecular weight excluding hydrogens is 657 g/mol. The van der Waals surface area contributed by atoms with Gasteiger partial charge in [-0.05, 0) is 72.0 Å². The minimum atomic E-state index is -0.813. The molecule has 0 spiro atoms. The molecule has 0 fully saturated rings. The quantitative estimate of drug-likeness (QED) is 0.101. The molecule has 6 rings (SSSR count). The third-order valence-corrected chi connectivity index (χ3v) is 11.2. The van der Waals surface area contributed by atoms with E-state index in [-0.39, 0.29) is 0 Å². The van der Waals surface area contributed by atoms with Gasteiger partial charge < -0.3 is 15.1 Å². The molecule has 0 saturated heterocycles. The van der Waals surface area contributed by atoms with E-state index in [4.69, 9.17) is 0 Å². The van der Waals surface area contributed by atoms with Crippen molar-refractivity contribution in [3.63, 3.8) is 0 Å². The lowest BCUT2D eigenvalue weighted by Crippen LogP contribution is -2.41. The van der Waals surface area contributed by atoms with Gasteiger partial charge in [-0.3, -0.25) is 0 Å². The third-order valence-electron chi connectivity index (χ3n) is 11.2. The van der Waals surface area contributed by atoms with Crippen LogP contribution in [0.15, 0.2) is 121 Å². The molecule has 4 aromatic rings. The largest absolute Gasteiger partial charge is 0.480 e. The number of unbranched alkanes of at least 4 members (excludes halogenated alkanes) is 2. The number of rotatable bonds is 14. The van der Waals surface area contributed by atoms with Crippen LogP contribution in [0.3, 0.4) is 0 Å². The second-order valence-electron chi connectivity index (χ2n) is 15.4. The average Bonchev–Trinajstić information content (AvgIpc) is 3.50. The lowest BCUT2D eigenvalue weighted by Gasteiger charge is -2.31. The lowest BCUT2D eigenvalue weighted by molar-refractivity contribution is -0.471. The molecule has 2 atom stereocenters. The fraction of sp³-hybridized carbons (Fsp3) is 0.340. The zero-order chi connectivity index (χ0) is 37.9. The molecule has 0 radical (unpaired) electrons. The molecule has 2 heterocycles. The van der Waals surface area contributed by atoms with Crippen LogP contribution in [0.25, 0.3) is 21.5 Å². The SMILES string of the molecule is CCCCC(C(=O)O)N1/C(=C/C=C/C=C/C=C/C2=[N+](C(CCCC)C(=O)O)c3ccc4ccccc4c3C2(C)C)C(C)(C)c2c1ccc1ccccc21. The minimum absolute atomic E-state index is 0.421. The monoisotopic (exact) mass is 709 g/mol. The summed E-state index contributed by atoms with van der Waals surface area (Å²) in [5.41, 5.74) is 5.32. The number of allylic oxidation sites excluding steroid dienone is 8. The van der Waals surface area contributed by atoms with Crippen LogP contribution < -0.4 is 4.90 Å². The van der Waals surface area contributed by atoms with Crippen LogP contribution in [0.4, 0.5) is 11.4 Å². The second-order valence-corrected chi connectivity index (χ2v) is 15.4. The van der Waals surface area contributed by atoms with Crippen molar-refractivity contribution in [1.82, 2.24) is 0 Å². The molecule has 53 heavy (non-hydrogen) atoms. The van der Waals surface area contributed by atoms with E-state index >= 15 is 0 Å². The molecule has 2 aliphatic heterocycles. The number of carboxylic acids is 2. The minimum Gasteiger partial charge on any atom is -0.480 e. The summed E-state index contributed by atoms with van der Waals surface area (Å²) in [7, 11) is 0. The van der Waals surface area contributed by atoms with Crippen LogP contribution in [0.2, 0.25) is 0 Å². The first-order valence-corrected chi connectivity index (χ1v) is 19.1. The number of hydrogen-bond donors (Lipinski definition) is 2. The van der Waals surface area contributed by atoms with Crippen LogP contribution in [-0.4, -0.2) is 44.5 Å². The first-order valence-electron chi connectivity index (χ1n) is 19.1. The number of benzene rings is 4. The van der Waals surface area contributed by atoms with Gasteiger partial charge in [-0.1, -0.05) is 132 Å². The summed E-state index contributed by atoms with van der Waals surface area (Å²) in [4.78, 5) is 27.6. The molecule has 2 unspecified atom stereocenters. The van der Waals surface area contributed by atoms with Crippen LogP contribution in [-0.2, 0) is 20.4 Å². The van der Waals surface area contributed by atoms with Crippen LogP contribution in [0.1, 0.15) is 91.2 Å². The van der Waals surface area contributed by atoms with Crippen molar-refractivity contribution in [2.45, 2.75) is 103 Å². The summed E-state index contributed by atoms with van der Waals surface area (Å²) < 4.78 is 2.06. The van der Waals surface area contributed by atoms with Gasteiger partial charge in [-0.15, -0.1) is 0 Å². The van der Waals surface area contributed by atoms with Crippen LogP contribution in [0, 0.1) is 0 Å². The topological polar surface area (TPSA) is 80.8 Å². The van der Waals surface area contributed by atoms with Gasteiger partial charge in [0.2, 0.25) is 5.69 Å². The van der Waals surface area contributed by atoms with Gasteiger partial charge in [0.05, 0.1) is 5.41 Å². The Kier molecular flexibility index (Phi) is 10.9. The Labute approximate surface area is 314 Å². The Morgan fingerprint density at radius 1 is 0.698 bits per heavy atom. The summed E-state index contributed by atoms with van der Waals surface area (Å²) in [5, 5.41) is 25.5. The Morgan fingerprint density at radius 2 is 1.28 bits per heavy atom. The Balaban J connectivity index is 1.35. The van der Waals surface area contributed by atoms with Gasteiger partial charge in [-0.2, -0.15) is 4.58 Å². The first-order chi connectivity index (χ1) is 25.4. The molecule has 274 valence electrons. The summed E-state index contributed by atoms with van der Waals surface area (Å²) in [5.74, 6) is -1.63. The highest BCUT2D eigenvalue weighted by atomic mass is 16.4. The zero-order valence-corrected chi connectivity index (χ0v) is 32.0. The number of carbonyl (C=O) groups is 2. The highest BCUT2D eigenvalue weighted by molar-refractivity contribution is 6.08. The molecule has 0 saturated carbocycles. The normalized spacial score (nSPS) is 18.2. The Bertz CT molecular complexity index is 2200. The standard InChI is InChI=1S/C47H52N2O4/c1-7-9-24-38(44(50)51)48-36-30-28-32-20-16-18-22-34(32)42(36)46(3,4)40(48)26-14-12-11-13-15-27-41-47(5,6)43-35-23-19-17-21-33(35)29-31-37(43)49(41)39(45(52)53)25-10-8-2/h11-23,26-31,38-39H,7-10,24-25H2,1-6H3,(H-,50,51,52,53)/p+1. The number of nitrogens with zero attached hydrogens (tertiary/aromatic N) is 2. The summed E-state index contributed by atoms with van der Waals surface area (Å²) in [6.07, 6.45) is 18.7. The van der Waals surface area contributed by atoms with Gasteiger partial charge in [0.15, 0.2) is 5.71 Å². The molecule has 6 heteroatoms. The van der Waals surface area contributed by atoms with Gasteiger partial charge in [0.1, 0.15) is 6.04 Å². The van der Waals surface area contributed by atoms with E-state index in [0.29, 0.717) is 12.8 Å². The van der Waals surface area contributed by atoms with E-state index < -0.39 is 34.9 Å². The summed E-state index contributed by atoms with van der Waals surface area (Å²) in [6, 6.07) is 23.7. The molecule has 0 bridgehead atoms. The average molecular weight is 710 g/mol. The van der Waals surface area contributed by atoms with Crippen molar-refractivity contribution in [3.8, 4) is 0 Å². The van der Waals surface area contributed by atoms with Gasteiger partial charge in [0, 0.05) is 40.9 Å². The van der Waals surface area contributed by atoms with E-state index in [1.165, 1.54) is 0 Å². The maximum Gasteiger partial charge on any atom is 0.373 e. The molecule has 0 aromatic heterocycles. The molecule has 0 aliphatic carbocycles. The van der Waals surface area contributed by atoms with E-state index in [2.05, 4.69) is 112 Å². The molecule has 2 N–H and O–H groups in total. The predicted octanol–water partition coefficient (Wildman–Crippen LogP) is 11.0. The number of anilines is 1. The number of hydrogen-bond acceptors (Lipinski definition) is 3. The Hall–Kier alpha value is -5.23. The maximum atomic E-state index is 12.8. The molecule has 4 aromatic carbocycles. The molecule has 6 nitrogen and oxygen atoms in total. The lowest BCUT2D eigenvalue weighted by atomic mass is 9.79. The van der Waals surface area contributed by atoms with Crippen molar-refractivity contribution in [2.24, 2.45) is 0 Å². The maximum absolute atomic E-state index is 12.8. The Morgan fingerprint density at radius 3 is 1.92 bits per heavy atom. The molecular formula is C47H53N2O4+. The fourth-order valence-corrected chi connectivity index (χ4v) is 8.61. The van der Waals surface area contributed by atoms with E-state index in [1.807, 2.05) is 54.6 Å². The van der Waals surface area contributed by atoms with Gasteiger partial charge in [0.25, 0.3) is 6.04 Å². The van der Waals surface area contributed by atoms with Crippen LogP contribution in [0.5, 0.6) is 0 Å². The van der Waals surface area contributed by atoms with E-state index in [0.717, 1.165) is 81.1 Å². The van der Waals surface area contributed by atoms with E-state index in [1.54, 1.807) is 0 Å². The number of carboxylic acid groups (broad SMARTS) is 2. The van der Waals surface area contributed by atoms with Crippen molar-refractivity contribution in [1.29, 1.82) is 0 Å². The first kappa shape index (κ1) is 37.5. The van der Waals surface area contributed by atoms with Crippen LogP contribution >= 0.6 is 0 Å². The highest BCUT2D eigenvalue weighted by Gasteiger charge is 2.50. The zero-order valence-electron chi connectivity index (χ0n) is 32.0. The molecule has 0 amide bonds. The summed E-state index contributed by atoms with van der Waals surface area (Å²) in [6.45, 7) is 12.9. The van der Waals surface area contributed by atoms with Gasteiger partial charge in [-0.25, -0.2) is 9.59 Å². The van der Waals surface area contributed by atoms with Crippen molar-refractivity contribution in [3.05, 3.63) is 132 Å². The van der Waals surface area contributed by atoms with Gasteiger partial charge >= 0.3 is 11.9 Å². The molecule has 2 aliphatic rings. The van der Waals surface area contributed by atoms with Crippen molar-refractivity contribution < 1.29 is 24.4 Å². The predicted molar refractivity (Wildman–Crippen MR) is 219 cm³/mol. The van der Waals surface area contributed by atoms with E-state index in [9.17, 15) is 19.8 Å². The second kappa shape index (κ2) is 15.4. The number of fused-ring (bicyclic) bond motifs is 6. The number of aliphatic carboxylic acids is 2. The smallest absolute Gasteiger partial charge is 0.373 e. The third kappa shape index (κ3) is 6.88.